The molecule has 9 heteroatoms. The van der Waals surface area contributed by atoms with Gasteiger partial charge in [-0.25, -0.2) is 0 Å². The lowest BCUT2D eigenvalue weighted by Gasteiger charge is -2.36. The molecule has 3 heterocycles. The molecule has 1 aromatic rings. The average Bonchev–Trinajstić information content (AvgIpc) is 3.46. The molecule has 1 aromatic heterocycles. The minimum absolute atomic E-state index is 0.0115. The first-order valence-corrected chi connectivity index (χ1v) is 10.5. The van der Waals surface area contributed by atoms with Gasteiger partial charge in [-0.05, 0) is 32.1 Å². The number of aryl methyl sites for hydroxylation is 1. The number of carbonyl (C=O) groups is 1. The van der Waals surface area contributed by atoms with Crippen molar-refractivity contribution < 1.29 is 19.4 Å². The van der Waals surface area contributed by atoms with Crippen molar-refractivity contribution in [3.8, 4) is 0 Å². The number of aromatic nitrogens is 3. The van der Waals surface area contributed by atoms with E-state index in [1.807, 2.05) is 10.9 Å². The minimum atomic E-state index is -0.356. The molecule has 156 valence electrons. The minimum Gasteiger partial charge on any atom is -0.394 e. The molecule has 3 fully saturated rings. The van der Waals surface area contributed by atoms with Gasteiger partial charge in [-0.3, -0.25) is 14.4 Å². The smallest absolute Gasteiger partial charge is 0.234 e. The van der Waals surface area contributed by atoms with Crippen molar-refractivity contribution in [3.63, 3.8) is 0 Å². The van der Waals surface area contributed by atoms with Crippen molar-refractivity contribution in [2.24, 2.45) is 0 Å². The second-order valence-corrected chi connectivity index (χ2v) is 8.09. The van der Waals surface area contributed by atoms with Gasteiger partial charge in [0.25, 0.3) is 0 Å². The molecular weight excluding hydrogens is 362 g/mol. The number of carbonyl (C=O) groups excluding carboxylic acids is 1. The summed E-state index contributed by atoms with van der Waals surface area (Å²) in [6.45, 7) is 3.96. The molecule has 2 N–H and O–H groups in total. The third-order valence-corrected chi connectivity index (χ3v) is 5.85. The third-order valence-electron chi connectivity index (χ3n) is 5.85. The number of aliphatic hydroxyl groups excluding tert-OH is 1. The quantitative estimate of drug-likeness (QED) is 0.636. The summed E-state index contributed by atoms with van der Waals surface area (Å²) in [5, 5.41) is 21.2. The summed E-state index contributed by atoms with van der Waals surface area (Å²) in [4.78, 5) is 14.4. The SMILES string of the molecule is O=C(CN1CCOCC1)N[C@H]1CC[C@H](CCn2cc(C3CC3)nn2)O[C@@H]1CO. The number of aliphatic hydroxyl groups is 1. The number of nitrogens with zero attached hydrogens (tertiary/aromatic N) is 4. The monoisotopic (exact) mass is 393 g/mol. The molecule has 0 unspecified atom stereocenters. The second kappa shape index (κ2) is 9.30. The van der Waals surface area contributed by atoms with Gasteiger partial charge in [0.15, 0.2) is 0 Å². The Labute approximate surface area is 165 Å². The van der Waals surface area contributed by atoms with Crippen LogP contribution in [0.2, 0.25) is 0 Å². The molecule has 9 nitrogen and oxygen atoms in total. The number of amides is 1. The summed E-state index contributed by atoms with van der Waals surface area (Å²) < 4.78 is 13.3. The first kappa shape index (κ1) is 19.8. The van der Waals surface area contributed by atoms with E-state index in [2.05, 4.69) is 20.5 Å². The predicted octanol–water partition coefficient (Wildman–Crippen LogP) is -0.0975. The molecule has 0 radical (unpaired) electrons. The van der Waals surface area contributed by atoms with Crippen molar-refractivity contribution in [2.75, 3.05) is 39.5 Å². The zero-order chi connectivity index (χ0) is 19.3. The maximum Gasteiger partial charge on any atom is 0.234 e. The average molecular weight is 393 g/mol. The van der Waals surface area contributed by atoms with E-state index in [1.165, 1.54) is 12.8 Å². The molecule has 0 aromatic carbocycles. The van der Waals surface area contributed by atoms with Gasteiger partial charge < -0.3 is 19.9 Å². The fourth-order valence-electron chi connectivity index (χ4n) is 3.99. The normalized spacial score (nSPS) is 29.0. The maximum atomic E-state index is 12.3. The number of morpholine rings is 1. The van der Waals surface area contributed by atoms with Crippen LogP contribution in [0.4, 0.5) is 0 Å². The lowest BCUT2D eigenvalue weighted by atomic mass is 9.97. The van der Waals surface area contributed by atoms with Crippen LogP contribution in [0.3, 0.4) is 0 Å². The van der Waals surface area contributed by atoms with E-state index in [-0.39, 0.29) is 30.8 Å². The molecule has 1 saturated carbocycles. The summed E-state index contributed by atoms with van der Waals surface area (Å²) >= 11 is 0. The predicted molar refractivity (Wildman–Crippen MR) is 101 cm³/mol. The Morgan fingerprint density at radius 1 is 1.25 bits per heavy atom. The van der Waals surface area contributed by atoms with Gasteiger partial charge in [0, 0.05) is 31.7 Å². The van der Waals surface area contributed by atoms with E-state index in [1.54, 1.807) is 0 Å². The van der Waals surface area contributed by atoms with Crippen molar-refractivity contribution in [1.29, 1.82) is 0 Å². The van der Waals surface area contributed by atoms with Crippen molar-refractivity contribution in [3.05, 3.63) is 11.9 Å². The Bertz CT molecular complexity index is 644. The van der Waals surface area contributed by atoms with Crippen molar-refractivity contribution in [2.45, 2.75) is 62.8 Å². The molecule has 2 aliphatic heterocycles. The molecule has 3 atom stereocenters. The van der Waals surface area contributed by atoms with Crippen LogP contribution in [-0.4, -0.2) is 88.6 Å². The molecule has 2 saturated heterocycles. The van der Waals surface area contributed by atoms with Crippen LogP contribution in [0.1, 0.15) is 43.7 Å². The van der Waals surface area contributed by atoms with Crippen LogP contribution < -0.4 is 5.32 Å². The Hall–Kier alpha value is -1.55. The summed E-state index contributed by atoms with van der Waals surface area (Å²) in [6.07, 6.45) is 6.71. The second-order valence-electron chi connectivity index (χ2n) is 8.09. The van der Waals surface area contributed by atoms with Crippen LogP contribution in [0, 0.1) is 0 Å². The lowest BCUT2D eigenvalue weighted by Crippen LogP contribution is -2.53. The summed E-state index contributed by atoms with van der Waals surface area (Å²) in [6, 6.07) is -0.136. The van der Waals surface area contributed by atoms with Crippen molar-refractivity contribution >= 4 is 5.91 Å². The highest BCUT2D eigenvalue weighted by Crippen LogP contribution is 2.38. The zero-order valence-electron chi connectivity index (χ0n) is 16.3. The van der Waals surface area contributed by atoms with Crippen LogP contribution >= 0.6 is 0 Å². The summed E-state index contributed by atoms with van der Waals surface area (Å²) in [5.74, 6) is 0.600. The van der Waals surface area contributed by atoms with Crippen molar-refractivity contribution in [1.82, 2.24) is 25.2 Å². The Kier molecular flexibility index (Phi) is 6.56. The van der Waals surface area contributed by atoms with E-state index < -0.39 is 0 Å². The first-order valence-electron chi connectivity index (χ1n) is 10.5. The number of hydrogen-bond acceptors (Lipinski definition) is 7. The maximum absolute atomic E-state index is 12.3. The van der Waals surface area contributed by atoms with Crippen LogP contribution in [0.15, 0.2) is 6.20 Å². The van der Waals surface area contributed by atoms with Crippen LogP contribution in [0.5, 0.6) is 0 Å². The molecule has 28 heavy (non-hydrogen) atoms. The standard InChI is InChI=1S/C19H31N5O4/c25-13-18-16(20-19(26)12-23-7-9-27-10-8-23)4-3-15(28-18)5-6-24-11-17(21-22-24)14-1-2-14/h11,14-16,18,25H,1-10,12-13H2,(H,20,26)/t15-,16+,18-/m1/s1. The van der Waals surface area contributed by atoms with Gasteiger partial charge in [0.1, 0.15) is 6.10 Å². The van der Waals surface area contributed by atoms with Gasteiger partial charge in [-0.1, -0.05) is 5.21 Å². The van der Waals surface area contributed by atoms with E-state index >= 15 is 0 Å². The first-order chi connectivity index (χ1) is 13.7. The lowest BCUT2D eigenvalue weighted by molar-refractivity contribution is -0.130. The number of rotatable bonds is 8. The Morgan fingerprint density at radius 2 is 2.07 bits per heavy atom. The molecule has 0 bridgehead atoms. The van der Waals surface area contributed by atoms with E-state index in [9.17, 15) is 9.90 Å². The van der Waals surface area contributed by atoms with Gasteiger partial charge in [0.05, 0.1) is 44.2 Å². The Morgan fingerprint density at radius 3 is 2.82 bits per heavy atom. The molecule has 1 aliphatic carbocycles. The van der Waals surface area contributed by atoms with E-state index in [0.29, 0.717) is 25.7 Å². The van der Waals surface area contributed by atoms with Crippen LogP contribution in [-0.2, 0) is 20.8 Å². The van der Waals surface area contributed by atoms with Gasteiger partial charge >= 0.3 is 0 Å². The third kappa shape index (κ3) is 5.28. The van der Waals surface area contributed by atoms with E-state index in [4.69, 9.17) is 9.47 Å². The number of hydrogen-bond donors (Lipinski definition) is 2. The largest absolute Gasteiger partial charge is 0.394 e. The number of ether oxygens (including phenoxy) is 2. The fourth-order valence-corrected chi connectivity index (χ4v) is 3.99. The zero-order valence-corrected chi connectivity index (χ0v) is 16.3. The summed E-state index contributed by atoms with van der Waals surface area (Å²) in [7, 11) is 0. The van der Waals surface area contributed by atoms with E-state index in [0.717, 1.165) is 44.6 Å². The highest BCUT2D eigenvalue weighted by atomic mass is 16.5. The van der Waals surface area contributed by atoms with Gasteiger partial charge in [0.2, 0.25) is 5.91 Å². The fraction of sp³-hybridized carbons (Fsp3) is 0.842. The van der Waals surface area contributed by atoms with Gasteiger partial charge in [-0.2, -0.15) is 0 Å². The number of nitrogens with one attached hydrogen (secondary N) is 1. The summed E-state index contributed by atoms with van der Waals surface area (Å²) in [5.41, 5.74) is 1.10. The molecule has 1 amide bonds. The highest BCUT2D eigenvalue weighted by Gasteiger charge is 2.32. The van der Waals surface area contributed by atoms with Gasteiger partial charge in [-0.15, -0.1) is 5.10 Å². The van der Waals surface area contributed by atoms with Crippen LogP contribution in [0.25, 0.3) is 0 Å². The topological polar surface area (TPSA) is 102 Å². The highest BCUT2D eigenvalue weighted by molar-refractivity contribution is 5.78. The molecule has 3 aliphatic rings. The molecule has 4 rings (SSSR count). The molecular formula is C19H31N5O4. The molecule has 0 spiro atoms. The Balaban J connectivity index is 1.20.